The highest BCUT2D eigenvalue weighted by molar-refractivity contribution is 7.13. The molecule has 1 aliphatic heterocycles. The SMILES string of the molecule is Cc1ncsc1-c1ccc([C@H](CC(=O)O)NC(=O)[C@@H]2C[C@@H](O)CN2)cc1. The second kappa shape index (κ2) is 7.94. The number of aliphatic carboxylic acids is 1. The molecule has 1 aliphatic rings. The number of carboxylic acids is 1. The quantitative estimate of drug-likeness (QED) is 0.608. The van der Waals surface area contributed by atoms with Crippen molar-refractivity contribution in [2.24, 2.45) is 0 Å². The number of nitrogens with one attached hydrogen (secondary N) is 2. The monoisotopic (exact) mass is 375 g/mol. The van der Waals surface area contributed by atoms with Crippen LogP contribution in [0.25, 0.3) is 10.4 Å². The number of nitrogens with zero attached hydrogens (tertiary/aromatic N) is 1. The number of β-amino-alcohol motifs (C(OH)–C–C–N with tert-alkyl or cyclic N) is 1. The van der Waals surface area contributed by atoms with Crippen molar-refractivity contribution in [3.8, 4) is 10.4 Å². The average Bonchev–Trinajstić information content (AvgIpc) is 3.22. The van der Waals surface area contributed by atoms with Crippen LogP contribution in [0.1, 0.15) is 30.1 Å². The van der Waals surface area contributed by atoms with Crippen LogP contribution in [0.3, 0.4) is 0 Å². The van der Waals surface area contributed by atoms with Crippen LogP contribution in [0, 0.1) is 6.92 Å². The molecule has 0 bridgehead atoms. The summed E-state index contributed by atoms with van der Waals surface area (Å²) in [5.74, 6) is -1.28. The first-order chi connectivity index (χ1) is 12.4. The summed E-state index contributed by atoms with van der Waals surface area (Å²) in [6.07, 6.45) is -0.430. The molecule has 1 fully saturated rings. The number of carbonyl (C=O) groups excluding carboxylic acids is 1. The van der Waals surface area contributed by atoms with Gasteiger partial charge in [0.1, 0.15) is 0 Å². The molecule has 0 spiro atoms. The van der Waals surface area contributed by atoms with Crippen LogP contribution >= 0.6 is 11.3 Å². The highest BCUT2D eigenvalue weighted by Crippen LogP contribution is 2.29. The fourth-order valence-corrected chi connectivity index (χ4v) is 3.87. The number of aryl methyl sites for hydroxylation is 1. The minimum Gasteiger partial charge on any atom is -0.481 e. The molecule has 0 radical (unpaired) electrons. The van der Waals surface area contributed by atoms with Gasteiger partial charge in [0.2, 0.25) is 5.91 Å². The van der Waals surface area contributed by atoms with Crippen LogP contribution in [0.15, 0.2) is 29.8 Å². The number of aliphatic hydroxyl groups is 1. The van der Waals surface area contributed by atoms with E-state index in [1.54, 1.807) is 16.8 Å². The highest BCUT2D eigenvalue weighted by atomic mass is 32.1. The fraction of sp³-hybridized carbons (Fsp3) is 0.389. The predicted molar refractivity (Wildman–Crippen MR) is 97.8 cm³/mol. The second-order valence-corrected chi connectivity index (χ2v) is 7.25. The van der Waals surface area contributed by atoms with Gasteiger partial charge in [-0.15, -0.1) is 11.3 Å². The molecule has 1 aromatic carbocycles. The van der Waals surface area contributed by atoms with Crippen molar-refractivity contribution in [1.29, 1.82) is 0 Å². The maximum absolute atomic E-state index is 12.4. The Balaban J connectivity index is 1.76. The molecule has 138 valence electrons. The molecule has 7 nitrogen and oxygen atoms in total. The van der Waals surface area contributed by atoms with Gasteiger partial charge in [0.25, 0.3) is 0 Å². The Morgan fingerprint density at radius 2 is 2.12 bits per heavy atom. The third kappa shape index (κ3) is 4.27. The minimum atomic E-state index is -0.989. The largest absolute Gasteiger partial charge is 0.481 e. The molecular formula is C18H21N3O4S. The average molecular weight is 375 g/mol. The number of carbonyl (C=O) groups is 2. The van der Waals surface area contributed by atoms with Gasteiger partial charge in [-0.2, -0.15) is 0 Å². The summed E-state index contributed by atoms with van der Waals surface area (Å²) in [6, 6.07) is 6.36. The van der Waals surface area contributed by atoms with E-state index in [9.17, 15) is 19.8 Å². The van der Waals surface area contributed by atoms with E-state index in [0.717, 1.165) is 21.7 Å². The number of aromatic nitrogens is 1. The van der Waals surface area contributed by atoms with E-state index in [1.807, 2.05) is 31.2 Å². The van der Waals surface area contributed by atoms with E-state index in [2.05, 4.69) is 15.6 Å². The molecule has 1 saturated heterocycles. The maximum Gasteiger partial charge on any atom is 0.305 e. The first-order valence-corrected chi connectivity index (χ1v) is 9.26. The van der Waals surface area contributed by atoms with Gasteiger partial charge < -0.3 is 20.8 Å². The number of amides is 1. The lowest BCUT2D eigenvalue weighted by molar-refractivity contribution is -0.137. The minimum absolute atomic E-state index is 0.208. The van der Waals surface area contributed by atoms with Crippen LogP contribution in [0.2, 0.25) is 0 Å². The first-order valence-electron chi connectivity index (χ1n) is 8.38. The van der Waals surface area contributed by atoms with E-state index in [1.165, 1.54) is 0 Å². The molecule has 1 amide bonds. The topological polar surface area (TPSA) is 112 Å². The molecule has 4 N–H and O–H groups in total. The van der Waals surface area contributed by atoms with E-state index in [0.29, 0.717) is 13.0 Å². The van der Waals surface area contributed by atoms with Gasteiger partial charge in [-0.05, 0) is 24.5 Å². The lowest BCUT2D eigenvalue weighted by atomic mass is 10.0. The van der Waals surface area contributed by atoms with Gasteiger partial charge in [0.15, 0.2) is 0 Å². The van der Waals surface area contributed by atoms with Crippen molar-refractivity contribution in [2.45, 2.75) is 38.0 Å². The Bertz CT molecular complexity index is 790. The van der Waals surface area contributed by atoms with Gasteiger partial charge in [-0.25, -0.2) is 4.98 Å². The van der Waals surface area contributed by atoms with Crippen molar-refractivity contribution >= 4 is 23.2 Å². The summed E-state index contributed by atoms with van der Waals surface area (Å²) in [7, 11) is 0. The summed E-state index contributed by atoms with van der Waals surface area (Å²) >= 11 is 1.55. The molecule has 3 atom stereocenters. The molecule has 0 aliphatic carbocycles. The van der Waals surface area contributed by atoms with Crippen LogP contribution in [0.5, 0.6) is 0 Å². The first kappa shape index (κ1) is 18.5. The molecule has 8 heteroatoms. The predicted octanol–water partition coefficient (Wildman–Crippen LogP) is 1.47. The number of rotatable bonds is 6. The molecule has 2 aromatic rings. The van der Waals surface area contributed by atoms with Gasteiger partial charge in [0.05, 0.1) is 40.7 Å². The van der Waals surface area contributed by atoms with Crippen molar-refractivity contribution in [3.63, 3.8) is 0 Å². The Kier molecular flexibility index (Phi) is 5.65. The van der Waals surface area contributed by atoms with Crippen LogP contribution in [-0.4, -0.2) is 45.8 Å². The number of hydrogen-bond donors (Lipinski definition) is 4. The molecule has 26 heavy (non-hydrogen) atoms. The highest BCUT2D eigenvalue weighted by Gasteiger charge is 2.30. The van der Waals surface area contributed by atoms with Crippen molar-refractivity contribution in [3.05, 3.63) is 41.0 Å². The third-order valence-corrected chi connectivity index (χ3v) is 5.42. The summed E-state index contributed by atoms with van der Waals surface area (Å²) < 4.78 is 0. The van der Waals surface area contributed by atoms with E-state index in [4.69, 9.17) is 0 Å². The molecule has 3 rings (SSSR count). The second-order valence-electron chi connectivity index (χ2n) is 6.40. The molecule has 0 saturated carbocycles. The van der Waals surface area contributed by atoms with Crippen LogP contribution < -0.4 is 10.6 Å². The number of hydrogen-bond acceptors (Lipinski definition) is 6. The van der Waals surface area contributed by atoms with Crippen molar-refractivity contribution < 1.29 is 19.8 Å². The third-order valence-electron chi connectivity index (χ3n) is 4.44. The summed E-state index contributed by atoms with van der Waals surface area (Å²) in [4.78, 5) is 28.9. The number of aliphatic hydroxyl groups excluding tert-OH is 1. The molecular weight excluding hydrogens is 354 g/mol. The Hall–Kier alpha value is -2.29. The zero-order chi connectivity index (χ0) is 18.7. The lowest BCUT2D eigenvalue weighted by Crippen LogP contribution is -2.42. The smallest absolute Gasteiger partial charge is 0.305 e. The zero-order valence-electron chi connectivity index (χ0n) is 14.3. The van der Waals surface area contributed by atoms with Gasteiger partial charge >= 0.3 is 5.97 Å². The summed E-state index contributed by atoms with van der Waals surface area (Å²) in [5.41, 5.74) is 4.47. The van der Waals surface area contributed by atoms with Gasteiger partial charge in [-0.1, -0.05) is 24.3 Å². The Morgan fingerprint density at radius 1 is 1.38 bits per heavy atom. The van der Waals surface area contributed by atoms with Crippen molar-refractivity contribution in [2.75, 3.05) is 6.54 Å². The van der Waals surface area contributed by atoms with E-state index < -0.39 is 24.2 Å². The maximum atomic E-state index is 12.4. The number of thiazole rings is 1. The van der Waals surface area contributed by atoms with Crippen molar-refractivity contribution in [1.82, 2.24) is 15.6 Å². The summed E-state index contributed by atoms with van der Waals surface area (Å²) in [6.45, 7) is 2.31. The normalized spacial score (nSPS) is 20.7. The van der Waals surface area contributed by atoms with Crippen LogP contribution in [0.4, 0.5) is 0 Å². The lowest BCUT2D eigenvalue weighted by Gasteiger charge is -2.20. The standard InChI is InChI=1S/C18H21N3O4S/c1-10-17(26-9-20-10)12-4-2-11(3-5-12)14(7-16(23)24)21-18(25)15-6-13(22)8-19-15/h2-5,9,13-15,19,22H,6-8H2,1H3,(H,21,25)(H,23,24)/t13-,14+,15+/m1/s1. The van der Waals surface area contributed by atoms with Crippen LogP contribution in [-0.2, 0) is 9.59 Å². The van der Waals surface area contributed by atoms with Gasteiger partial charge in [0, 0.05) is 6.54 Å². The summed E-state index contributed by atoms with van der Waals surface area (Å²) in [5, 5.41) is 24.5. The molecule has 0 unspecified atom stereocenters. The van der Waals surface area contributed by atoms with E-state index >= 15 is 0 Å². The Morgan fingerprint density at radius 3 is 2.65 bits per heavy atom. The number of carboxylic acid groups (broad SMARTS) is 1. The molecule has 1 aromatic heterocycles. The molecule has 2 heterocycles. The zero-order valence-corrected chi connectivity index (χ0v) is 15.1. The van der Waals surface area contributed by atoms with E-state index in [-0.39, 0.29) is 12.3 Å². The fourth-order valence-electron chi connectivity index (χ4n) is 3.06. The Labute approximate surface area is 155 Å². The number of benzene rings is 1. The van der Waals surface area contributed by atoms with Gasteiger partial charge in [-0.3, -0.25) is 9.59 Å².